The van der Waals surface area contributed by atoms with Crippen LogP contribution in [0.3, 0.4) is 0 Å². The fraction of sp³-hybridized carbons (Fsp3) is 0.333. The Bertz CT molecular complexity index is 709. The molecule has 0 radical (unpaired) electrons. The summed E-state index contributed by atoms with van der Waals surface area (Å²) in [4.78, 5) is 27.9. The van der Waals surface area contributed by atoms with Crippen molar-refractivity contribution in [2.24, 2.45) is 0 Å². The molecule has 0 aromatic carbocycles. The number of rotatable bonds is 3. The Morgan fingerprint density at radius 2 is 2.05 bits per heavy atom. The minimum Gasteiger partial charge on any atom is -0.310 e. The van der Waals surface area contributed by atoms with E-state index in [1.165, 1.54) is 0 Å². The lowest BCUT2D eigenvalue weighted by atomic mass is 9.91. The molecule has 21 heavy (non-hydrogen) atoms. The maximum Gasteiger partial charge on any atom is 0.267 e. The van der Waals surface area contributed by atoms with Crippen molar-refractivity contribution in [1.82, 2.24) is 15.2 Å². The number of hydrogen-bond acceptors (Lipinski definition) is 4. The van der Waals surface area contributed by atoms with Gasteiger partial charge in [0.15, 0.2) is 0 Å². The third-order valence-electron chi connectivity index (χ3n) is 3.64. The van der Waals surface area contributed by atoms with Gasteiger partial charge in [0.25, 0.3) is 5.56 Å². The zero-order valence-corrected chi connectivity index (χ0v) is 11.6. The van der Waals surface area contributed by atoms with Gasteiger partial charge in [-0.2, -0.15) is 5.10 Å². The summed E-state index contributed by atoms with van der Waals surface area (Å²) in [5.41, 5.74) is 2.27. The number of anilines is 1. The van der Waals surface area contributed by atoms with Crippen LogP contribution < -0.4 is 10.9 Å². The molecule has 108 valence electrons. The first-order chi connectivity index (χ1) is 10.2. The van der Waals surface area contributed by atoms with E-state index in [2.05, 4.69) is 20.5 Å². The average Bonchev–Trinajstić information content (AvgIpc) is 2.51. The normalized spacial score (nSPS) is 13.5. The lowest BCUT2D eigenvalue weighted by molar-refractivity contribution is -0.115. The monoisotopic (exact) mass is 284 g/mol. The standard InChI is InChI=1S/C15H16N4O2/c20-14(17-13-7-3-4-8-16-13)9-12-10-5-1-2-6-11(10)15(21)19-18-12/h3-4,7-8H,1-2,5-6,9H2,(H,19,21)(H,16,17,20). The SMILES string of the molecule is O=C(Cc1n[nH]c(=O)c2c1CCCC2)Nc1ccccn1. The summed E-state index contributed by atoms with van der Waals surface area (Å²) in [6.45, 7) is 0. The van der Waals surface area contributed by atoms with E-state index in [-0.39, 0.29) is 17.9 Å². The van der Waals surface area contributed by atoms with Gasteiger partial charge in [-0.15, -0.1) is 0 Å². The maximum absolute atomic E-state index is 12.1. The fourth-order valence-electron chi connectivity index (χ4n) is 2.65. The van der Waals surface area contributed by atoms with Crippen molar-refractivity contribution in [2.75, 3.05) is 5.32 Å². The maximum atomic E-state index is 12.1. The molecule has 6 heteroatoms. The molecular formula is C15H16N4O2. The molecule has 1 amide bonds. The second-order valence-corrected chi connectivity index (χ2v) is 5.10. The van der Waals surface area contributed by atoms with Crippen molar-refractivity contribution in [3.05, 3.63) is 51.6 Å². The second kappa shape index (κ2) is 5.87. The molecule has 0 saturated heterocycles. The van der Waals surface area contributed by atoms with Gasteiger partial charge in [-0.05, 0) is 43.4 Å². The summed E-state index contributed by atoms with van der Waals surface area (Å²) in [6.07, 6.45) is 5.40. The summed E-state index contributed by atoms with van der Waals surface area (Å²) in [7, 11) is 0. The average molecular weight is 284 g/mol. The van der Waals surface area contributed by atoms with Gasteiger partial charge in [0, 0.05) is 11.8 Å². The number of carbonyl (C=O) groups is 1. The van der Waals surface area contributed by atoms with E-state index >= 15 is 0 Å². The Labute approximate surface area is 121 Å². The number of aromatic amines is 1. The van der Waals surface area contributed by atoms with Crippen LogP contribution >= 0.6 is 0 Å². The van der Waals surface area contributed by atoms with Gasteiger partial charge < -0.3 is 5.32 Å². The molecule has 1 aliphatic rings. The Balaban J connectivity index is 1.79. The number of H-pyrrole nitrogens is 1. The van der Waals surface area contributed by atoms with Gasteiger partial charge in [-0.25, -0.2) is 10.1 Å². The first-order valence-corrected chi connectivity index (χ1v) is 7.04. The van der Waals surface area contributed by atoms with E-state index in [9.17, 15) is 9.59 Å². The largest absolute Gasteiger partial charge is 0.310 e. The number of nitrogens with one attached hydrogen (secondary N) is 2. The van der Waals surface area contributed by atoms with E-state index in [0.29, 0.717) is 11.5 Å². The molecule has 0 spiro atoms. The van der Waals surface area contributed by atoms with Crippen molar-refractivity contribution >= 4 is 11.7 Å². The third-order valence-corrected chi connectivity index (χ3v) is 3.64. The highest BCUT2D eigenvalue weighted by Gasteiger charge is 2.19. The minimum atomic E-state index is -0.180. The molecule has 0 unspecified atom stereocenters. The predicted molar refractivity (Wildman–Crippen MR) is 78.1 cm³/mol. The van der Waals surface area contributed by atoms with Gasteiger partial charge in [0.05, 0.1) is 12.1 Å². The molecule has 0 bridgehead atoms. The van der Waals surface area contributed by atoms with Gasteiger partial charge in [0.2, 0.25) is 5.91 Å². The molecule has 0 aliphatic heterocycles. The second-order valence-electron chi connectivity index (χ2n) is 5.10. The number of fused-ring (bicyclic) bond motifs is 1. The summed E-state index contributed by atoms with van der Waals surface area (Å²) >= 11 is 0. The van der Waals surface area contributed by atoms with Crippen LogP contribution in [0.25, 0.3) is 0 Å². The number of pyridine rings is 1. The summed E-state index contributed by atoms with van der Waals surface area (Å²) in [5.74, 6) is 0.335. The fourth-order valence-corrected chi connectivity index (χ4v) is 2.65. The van der Waals surface area contributed by atoms with Crippen LogP contribution in [0.2, 0.25) is 0 Å². The van der Waals surface area contributed by atoms with Crippen molar-refractivity contribution in [3.8, 4) is 0 Å². The first-order valence-electron chi connectivity index (χ1n) is 7.04. The first kappa shape index (κ1) is 13.5. The zero-order valence-electron chi connectivity index (χ0n) is 11.6. The van der Waals surface area contributed by atoms with Crippen molar-refractivity contribution in [1.29, 1.82) is 0 Å². The number of nitrogens with zero attached hydrogens (tertiary/aromatic N) is 2. The van der Waals surface area contributed by atoms with E-state index in [1.54, 1.807) is 18.3 Å². The van der Waals surface area contributed by atoms with Crippen molar-refractivity contribution in [3.63, 3.8) is 0 Å². The zero-order chi connectivity index (χ0) is 14.7. The number of hydrogen-bond donors (Lipinski definition) is 2. The Morgan fingerprint density at radius 3 is 2.81 bits per heavy atom. The molecule has 0 saturated carbocycles. The molecule has 6 nitrogen and oxygen atoms in total. The van der Waals surface area contributed by atoms with E-state index in [4.69, 9.17) is 0 Å². The topological polar surface area (TPSA) is 87.7 Å². The van der Waals surface area contributed by atoms with Crippen molar-refractivity contribution < 1.29 is 4.79 Å². The Hall–Kier alpha value is -2.50. The molecule has 0 atom stereocenters. The van der Waals surface area contributed by atoms with Crippen LogP contribution in [0.1, 0.15) is 29.7 Å². The van der Waals surface area contributed by atoms with E-state index < -0.39 is 0 Å². The number of amides is 1. The third kappa shape index (κ3) is 2.99. The van der Waals surface area contributed by atoms with Crippen LogP contribution in [0.5, 0.6) is 0 Å². The van der Waals surface area contributed by atoms with Crippen LogP contribution in [-0.4, -0.2) is 21.1 Å². The highest BCUT2D eigenvalue weighted by Crippen LogP contribution is 2.20. The van der Waals surface area contributed by atoms with Crippen LogP contribution in [0.4, 0.5) is 5.82 Å². The summed E-state index contributed by atoms with van der Waals surface area (Å²) in [6, 6.07) is 5.33. The highest BCUT2D eigenvalue weighted by atomic mass is 16.1. The molecule has 1 aliphatic carbocycles. The van der Waals surface area contributed by atoms with Crippen LogP contribution in [0, 0.1) is 0 Å². The molecule has 0 fully saturated rings. The molecule has 2 N–H and O–H groups in total. The van der Waals surface area contributed by atoms with Crippen LogP contribution in [0.15, 0.2) is 29.2 Å². The van der Waals surface area contributed by atoms with Gasteiger partial charge >= 0.3 is 0 Å². The highest BCUT2D eigenvalue weighted by molar-refractivity contribution is 5.91. The van der Waals surface area contributed by atoms with Crippen molar-refractivity contribution in [2.45, 2.75) is 32.1 Å². The quantitative estimate of drug-likeness (QED) is 0.887. The summed E-state index contributed by atoms with van der Waals surface area (Å²) in [5, 5.41) is 9.28. The summed E-state index contributed by atoms with van der Waals surface area (Å²) < 4.78 is 0. The Kier molecular flexibility index (Phi) is 3.77. The number of carbonyl (C=O) groups excluding carboxylic acids is 1. The number of aromatic nitrogens is 3. The minimum absolute atomic E-state index is 0.126. The van der Waals surface area contributed by atoms with Gasteiger partial charge in [-0.1, -0.05) is 6.07 Å². The lowest BCUT2D eigenvalue weighted by Crippen LogP contribution is -2.25. The van der Waals surface area contributed by atoms with Gasteiger partial charge in [-0.3, -0.25) is 9.59 Å². The van der Waals surface area contributed by atoms with Crippen LogP contribution in [-0.2, 0) is 24.1 Å². The molecular weight excluding hydrogens is 268 g/mol. The van der Waals surface area contributed by atoms with E-state index in [1.807, 2.05) is 6.07 Å². The predicted octanol–water partition coefficient (Wildman–Crippen LogP) is 1.22. The smallest absolute Gasteiger partial charge is 0.267 e. The lowest BCUT2D eigenvalue weighted by Gasteiger charge is -2.17. The molecule has 3 rings (SSSR count). The van der Waals surface area contributed by atoms with Gasteiger partial charge in [0.1, 0.15) is 5.82 Å². The molecule has 2 aromatic heterocycles. The Morgan fingerprint density at radius 1 is 1.24 bits per heavy atom. The molecule has 2 aromatic rings. The molecule has 2 heterocycles. The van der Waals surface area contributed by atoms with E-state index in [0.717, 1.165) is 36.8 Å².